The minimum absolute atomic E-state index is 0.156. The van der Waals surface area contributed by atoms with Gasteiger partial charge in [0.1, 0.15) is 11.3 Å². The number of aryl methyl sites for hydroxylation is 1. The van der Waals surface area contributed by atoms with Gasteiger partial charge in [0.05, 0.1) is 13.7 Å². The molecule has 0 aliphatic heterocycles. The Hall–Kier alpha value is -2.04. The van der Waals surface area contributed by atoms with Crippen LogP contribution in [0.4, 0.5) is 0 Å². The van der Waals surface area contributed by atoms with Crippen molar-refractivity contribution in [3.05, 3.63) is 29.3 Å². The minimum Gasteiger partial charge on any atom is -0.492 e. The van der Waals surface area contributed by atoms with Crippen LogP contribution in [0.1, 0.15) is 54.4 Å². The molecule has 1 saturated carbocycles. The molecule has 1 aliphatic carbocycles. The molecule has 23 heavy (non-hydrogen) atoms. The Morgan fingerprint density at radius 3 is 2.61 bits per heavy atom. The third-order valence-corrected chi connectivity index (χ3v) is 4.32. The van der Waals surface area contributed by atoms with Crippen LogP contribution in [0.3, 0.4) is 0 Å². The molecular weight excluding hydrogens is 296 g/mol. The highest BCUT2D eigenvalue weighted by Gasteiger charge is 2.17. The van der Waals surface area contributed by atoms with Gasteiger partial charge in [-0.05, 0) is 42.9 Å². The molecule has 1 fully saturated rings. The Morgan fingerprint density at radius 2 is 1.96 bits per heavy atom. The summed E-state index contributed by atoms with van der Waals surface area (Å²) in [5.74, 6) is -0.391. The fourth-order valence-electron chi connectivity index (χ4n) is 2.94. The molecule has 0 aromatic heterocycles. The summed E-state index contributed by atoms with van der Waals surface area (Å²) in [6.45, 7) is 0.571. The van der Waals surface area contributed by atoms with E-state index >= 15 is 0 Å². The largest absolute Gasteiger partial charge is 0.492 e. The summed E-state index contributed by atoms with van der Waals surface area (Å²) in [4.78, 5) is 22.6. The number of hydrogen-bond acceptors (Lipinski definition) is 4. The highest BCUT2D eigenvalue weighted by molar-refractivity contribution is 5.91. The fourth-order valence-corrected chi connectivity index (χ4v) is 2.94. The average Bonchev–Trinajstić information content (AvgIpc) is 2.58. The molecule has 0 unspecified atom stereocenters. The first kappa shape index (κ1) is 17.3. The molecule has 5 nitrogen and oxygen atoms in total. The Balaban J connectivity index is 2.00. The van der Waals surface area contributed by atoms with E-state index in [0.717, 1.165) is 18.4 Å². The second-order valence-corrected chi connectivity index (χ2v) is 6.03. The van der Waals surface area contributed by atoms with Crippen LogP contribution < -0.4 is 4.74 Å². The van der Waals surface area contributed by atoms with E-state index in [1.54, 1.807) is 12.1 Å². The highest BCUT2D eigenvalue weighted by atomic mass is 16.5. The van der Waals surface area contributed by atoms with Crippen molar-refractivity contribution in [2.24, 2.45) is 5.92 Å². The molecule has 0 spiro atoms. The minimum atomic E-state index is -1.01. The number of carboxylic acid groups (broad SMARTS) is 1. The Bertz CT molecular complexity index is 546. The van der Waals surface area contributed by atoms with E-state index in [0.29, 0.717) is 24.7 Å². The smallest absolute Gasteiger partial charge is 0.339 e. The van der Waals surface area contributed by atoms with Crippen molar-refractivity contribution in [3.63, 3.8) is 0 Å². The first-order valence-electron chi connectivity index (χ1n) is 8.16. The Kier molecular flexibility index (Phi) is 6.44. The predicted octanol–water partition coefficient (Wildman–Crippen LogP) is 3.45. The van der Waals surface area contributed by atoms with Crippen molar-refractivity contribution in [2.75, 3.05) is 13.7 Å². The third-order valence-electron chi connectivity index (χ3n) is 4.32. The number of carbonyl (C=O) groups is 2. The van der Waals surface area contributed by atoms with E-state index in [9.17, 15) is 14.7 Å². The van der Waals surface area contributed by atoms with Crippen LogP contribution in [-0.4, -0.2) is 30.8 Å². The zero-order chi connectivity index (χ0) is 16.7. The molecule has 1 aliphatic rings. The quantitative estimate of drug-likeness (QED) is 0.779. The maximum atomic E-state index is 11.4. The van der Waals surface area contributed by atoms with Crippen molar-refractivity contribution in [1.29, 1.82) is 0 Å². The first-order chi connectivity index (χ1) is 11.1. The summed E-state index contributed by atoms with van der Waals surface area (Å²) in [7, 11) is 1.34. The van der Waals surface area contributed by atoms with Crippen LogP contribution in [0.25, 0.3) is 0 Å². The molecule has 0 saturated heterocycles. The van der Waals surface area contributed by atoms with E-state index in [4.69, 9.17) is 4.74 Å². The normalized spacial score (nSPS) is 15.2. The van der Waals surface area contributed by atoms with E-state index in [-0.39, 0.29) is 18.0 Å². The fraction of sp³-hybridized carbons (Fsp3) is 0.556. The summed E-state index contributed by atoms with van der Waals surface area (Å²) in [6, 6.07) is 5.09. The van der Waals surface area contributed by atoms with Crippen molar-refractivity contribution in [2.45, 2.75) is 44.9 Å². The van der Waals surface area contributed by atoms with Gasteiger partial charge >= 0.3 is 11.9 Å². The molecule has 1 aromatic carbocycles. The van der Waals surface area contributed by atoms with Crippen molar-refractivity contribution in [1.82, 2.24) is 0 Å². The van der Waals surface area contributed by atoms with Crippen molar-refractivity contribution < 1.29 is 24.2 Å². The Morgan fingerprint density at radius 1 is 1.22 bits per heavy atom. The van der Waals surface area contributed by atoms with Gasteiger partial charge in [0.2, 0.25) is 0 Å². The monoisotopic (exact) mass is 320 g/mol. The number of methoxy groups -OCH3 is 1. The van der Waals surface area contributed by atoms with Gasteiger partial charge in [-0.3, -0.25) is 4.79 Å². The van der Waals surface area contributed by atoms with Gasteiger partial charge in [0.25, 0.3) is 0 Å². The van der Waals surface area contributed by atoms with Crippen LogP contribution in [0.5, 0.6) is 5.75 Å². The number of carboxylic acids is 1. The van der Waals surface area contributed by atoms with Crippen LogP contribution in [0.15, 0.2) is 18.2 Å². The number of aromatic carboxylic acids is 1. The van der Waals surface area contributed by atoms with Crippen LogP contribution in [0, 0.1) is 5.92 Å². The molecule has 1 aromatic rings. The van der Waals surface area contributed by atoms with Gasteiger partial charge in [-0.25, -0.2) is 4.79 Å². The van der Waals surface area contributed by atoms with Gasteiger partial charge in [-0.2, -0.15) is 0 Å². The summed E-state index contributed by atoms with van der Waals surface area (Å²) < 4.78 is 10.4. The number of carbonyl (C=O) groups excluding carboxylic acids is 1. The zero-order valence-electron chi connectivity index (χ0n) is 13.5. The summed E-state index contributed by atoms with van der Waals surface area (Å²) >= 11 is 0. The molecule has 0 amide bonds. The number of rotatable bonds is 7. The SMILES string of the molecule is COC(=O)CCc1ccc(OCC2CCCCC2)c(C(=O)O)c1. The average molecular weight is 320 g/mol. The molecule has 126 valence electrons. The first-order valence-corrected chi connectivity index (χ1v) is 8.16. The number of esters is 1. The van der Waals surface area contributed by atoms with Gasteiger partial charge in [-0.15, -0.1) is 0 Å². The molecule has 0 bridgehead atoms. The van der Waals surface area contributed by atoms with Crippen LogP contribution in [0.2, 0.25) is 0 Å². The van der Waals surface area contributed by atoms with Crippen molar-refractivity contribution in [3.8, 4) is 5.75 Å². The molecular formula is C18H24O5. The summed E-state index contributed by atoms with van der Waals surface area (Å²) in [6.07, 6.45) is 6.73. The molecule has 2 rings (SSSR count). The number of hydrogen-bond donors (Lipinski definition) is 1. The van der Waals surface area contributed by atoms with E-state index in [2.05, 4.69) is 4.74 Å². The molecule has 5 heteroatoms. The van der Waals surface area contributed by atoms with Crippen molar-refractivity contribution >= 4 is 11.9 Å². The lowest BCUT2D eigenvalue weighted by molar-refractivity contribution is -0.140. The lowest BCUT2D eigenvalue weighted by atomic mass is 9.90. The lowest BCUT2D eigenvalue weighted by Crippen LogP contribution is -2.16. The van der Waals surface area contributed by atoms with Gasteiger partial charge in [0, 0.05) is 6.42 Å². The maximum absolute atomic E-state index is 11.4. The van der Waals surface area contributed by atoms with Gasteiger partial charge < -0.3 is 14.6 Å². The Labute approximate surface area is 136 Å². The molecule has 0 atom stereocenters. The van der Waals surface area contributed by atoms with E-state index in [1.165, 1.54) is 26.4 Å². The summed E-state index contributed by atoms with van der Waals surface area (Å²) in [5.41, 5.74) is 0.945. The topological polar surface area (TPSA) is 72.8 Å². The second kappa shape index (κ2) is 8.56. The standard InChI is InChI=1S/C18H24O5/c1-22-17(19)10-8-13-7-9-16(15(11-13)18(20)21)23-12-14-5-3-2-4-6-14/h7,9,11,14H,2-6,8,10,12H2,1H3,(H,20,21). The second-order valence-electron chi connectivity index (χ2n) is 6.03. The van der Waals surface area contributed by atoms with Gasteiger partial charge in [0.15, 0.2) is 0 Å². The van der Waals surface area contributed by atoms with Gasteiger partial charge in [-0.1, -0.05) is 25.3 Å². The lowest BCUT2D eigenvalue weighted by Gasteiger charge is -2.22. The van der Waals surface area contributed by atoms with Crippen LogP contribution in [-0.2, 0) is 16.0 Å². The molecule has 0 heterocycles. The molecule has 0 radical (unpaired) electrons. The highest BCUT2D eigenvalue weighted by Crippen LogP contribution is 2.26. The zero-order valence-corrected chi connectivity index (χ0v) is 13.5. The van der Waals surface area contributed by atoms with E-state index < -0.39 is 5.97 Å². The van der Waals surface area contributed by atoms with Crippen LogP contribution >= 0.6 is 0 Å². The summed E-state index contributed by atoms with van der Waals surface area (Å²) in [5, 5.41) is 9.38. The predicted molar refractivity (Wildman–Crippen MR) is 85.8 cm³/mol. The number of benzene rings is 1. The number of ether oxygens (including phenoxy) is 2. The molecule has 1 N–H and O–H groups in total. The maximum Gasteiger partial charge on any atom is 0.339 e. The van der Waals surface area contributed by atoms with E-state index in [1.807, 2.05) is 6.07 Å². The third kappa shape index (κ3) is 5.27.